The van der Waals surface area contributed by atoms with Crippen LogP contribution in [0.15, 0.2) is 38.0 Å². The highest BCUT2D eigenvalue weighted by molar-refractivity contribution is 5.81. The summed E-state index contributed by atoms with van der Waals surface area (Å²) < 4.78 is 9.80. The molecule has 7 nitrogen and oxygen atoms in total. The third-order valence-electron chi connectivity index (χ3n) is 2.74. The topological polar surface area (TPSA) is 102 Å². The fourth-order valence-electron chi connectivity index (χ4n) is 1.47. The molecule has 1 unspecified atom stereocenters. The van der Waals surface area contributed by atoms with Crippen LogP contribution in [-0.4, -0.2) is 48.2 Å². The molecule has 0 aliphatic carbocycles. The lowest BCUT2D eigenvalue weighted by Crippen LogP contribution is -2.40. The van der Waals surface area contributed by atoms with Crippen LogP contribution in [0.4, 0.5) is 0 Å². The fraction of sp³-hybridized carbons (Fsp3) is 0.429. The predicted molar refractivity (Wildman–Crippen MR) is 74.1 cm³/mol. The Hall–Kier alpha value is -1.96. The Bertz CT molecular complexity index is 365. The molecule has 0 spiro atoms. The highest BCUT2D eigenvalue weighted by Crippen LogP contribution is 2.26. The van der Waals surface area contributed by atoms with Crippen molar-refractivity contribution >= 4 is 11.9 Å². The highest BCUT2D eigenvalue weighted by Gasteiger charge is 2.35. The molecule has 0 fully saturated rings. The number of carbonyl (C=O) groups excluding carboxylic acids is 2. The van der Waals surface area contributed by atoms with Gasteiger partial charge in [-0.1, -0.05) is 19.2 Å². The summed E-state index contributed by atoms with van der Waals surface area (Å²) in [7, 11) is 0. The Morgan fingerprint density at radius 3 is 1.86 bits per heavy atom. The van der Waals surface area contributed by atoms with Crippen LogP contribution >= 0.6 is 0 Å². The van der Waals surface area contributed by atoms with Crippen molar-refractivity contribution < 1.29 is 34.3 Å². The van der Waals surface area contributed by atoms with E-state index in [0.29, 0.717) is 0 Å². The minimum atomic E-state index is -1.15. The highest BCUT2D eigenvalue weighted by atomic mass is 17.1. The minimum Gasteiger partial charge on any atom is -0.462 e. The number of ether oxygens (including phenoxy) is 2. The quantitative estimate of drug-likeness (QED) is 0.192. The van der Waals surface area contributed by atoms with Gasteiger partial charge >= 0.3 is 11.9 Å². The molecule has 0 aliphatic rings. The summed E-state index contributed by atoms with van der Waals surface area (Å²) in [6.07, 6.45) is 2.41. The maximum atomic E-state index is 11.1. The molecule has 0 aromatic carbocycles. The van der Waals surface area contributed by atoms with Crippen molar-refractivity contribution in [2.75, 3.05) is 19.8 Å². The predicted octanol–water partition coefficient (Wildman–Crippen LogP) is 0.858. The van der Waals surface area contributed by atoms with Gasteiger partial charge in [0.2, 0.25) is 0 Å². The van der Waals surface area contributed by atoms with Crippen molar-refractivity contribution in [3.63, 3.8) is 0 Å². The van der Waals surface area contributed by atoms with E-state index in [1.807, 2.05) is 0 Å². The third kappa shape index (κ3) is 6.84. The number of aliphatic hydroxyl groups excluding tert-OH is 1. The fourth-order valence-corrected chi connectivity index (χ4v) is 1.47. The van der Waals surface area contributed by atoms with Gasteiger partial charge in [0.15, 0.2) is 0 Å². The monoisotopic (exact) mass is 300 g/mol. The lowest BCUT2D eigenvalue weighted by Gasteiger charge is -2.32. The molecule has 0 heterocycles. The number of hydrogen-bond acceptors (Lipinski definition) is 7. The van der Waals surface area contributed by atoms with Gasteiger partial charge in [0.05, 0.1) is 12.0 Å². The molecule has 0 bridgehead atoms. The summed E-state index contributed by atoms with van der Waals surface area (Å²) in [5, 5.41) is 18.3. The maximum absolute atomic E-state index is 11.1. The van der Waals surface area contributed by atoms with Gasteiger partial charge < -0.3 is 14.6 Å². The molecule has 2 N–H and O–H groups in total. The van der Waals surface area contributed by atoms with Crippen molar-refractivity contribution in [2.24, 2.45) is 5.41 Å². The molecule has 118 valence electrons. The zero-order chi connectivity index (χ0) is 16.3. The standard InChI is InChI=1S/C14H20O7/c1-4-11(21-18)7-14(8-15,9-19-12(16)5-2)10-20-13(17)6-3/h4-6,11,15,18H,1-3,7-10H2. The first kappa shape index (κ1) is 19.0. The van der Waals surface area contributed by atoms with Crippen molar-refractivity contribution in [3.8, 4) is 0 Å². The number of aliphatic hydroxyl groups is 1. The molecular formula is C14H20O7. The molecule has 21 heavy (non-hydrogen) atoms. The summed E-state index contributed by atoms with van der Waals surface area (Å²) in [5.74, 6) is -1.38. The van der Waals surface area contributed by atoms with E-state index in [1.54, 1.807) is 0 Å². The molecule has 0 aliphatic heterocycles. The lowest BCUT2D eigenvalue weighted by molar-refractivity contribution is -0.274. The Morgan fingerprint density at radius 2 is 1.57 bits per heavy atom. The minimum absolute atomic E-state index is 0.0122. The van der Waals surface area contributed by atoms with Gasteiger partial charge in [0, 0.05) is 12.2 Å². The first-order valence-corrected chi connectivity index (χ1v) is 6.09. The zero-order valence-electron chi connectivity index (χ0n) is 11.7. The molecule has 1 atom stereocenters. The molecule has 0 saturated heterocycles. The molecule has 0 amide bonds. The Morgan fingerprint density at radius 1 is 1.10 bits per heavy atom. The number of carbonyl (C=O) groups is 2. The summed E-state index contributed by atoms with van der Waals surface area (Å²) in [6.45, 7) is 8.97. The van der Waals surface area contributed by atoms with Crippen LogP contribution in [0.3, 0.4) is 0 Å². The second kappa shape index (κ2) is 9.87. The van der Waals surface area contributed by atoms with Gasteiger partial charge in [-0.05, 0) is 6.42 Å². The van der Waals surface area contributed by atoms with E-state index in [0.717, 1.165) is 12.2 Å². The Kier molecular flexibility index (Phi) is 8.95. The second-order valence-corrected chi connectivity index (χ2v) is 4.37. The van der Waals surface area contributed by atoms with Crippen LogP contribution in [0.5, 0.6) is 0 Å². The van der Waals surface area contributed by atoms with E-state index in [9.17, 15) is 14.7 Å². The van der Waals surface area contributed by atoms with Crippen LogP contribution in [0.2, 0.25) is 0 Å². The molecule has 7 heteroatoms. The van der Waals surface area contributed by atoms with Crippen LogP contribution < -0.4 is 0 Å². The van der Waals surface area contributed by atoms with E-state index in [1.165, 1.54) is 6.08 Å². The molecule has 0 aromatic rings. The number of esters is 2. The summed E-state index contributed by atoms with van der Waals surface area (Å²) >= 11 is 0. The van der Waals surface area contributed by atoms with Crippen LogP contribution in [0.1, 0.15) is 6.42 Å². The lowest BCUT2D eigenvalue weighted by atomic mass is 9.84. The van der Waals surface area contributed by atoms with E-state index in [2.05, 4.69) is 24.6 Å². The van der Waals surface area contributed by atoms with Crippen LogP contribution in [0.25, 0.3) is 0 Å². The molecule has 0 radical (unpaired) electrons. The average Bonchev–Trinajstić information content (AvgIpc) is 2.53. The van der Waals surface area contributed by atoms with Gasteiger partial charge in [-0.25, -0.2) is 14.5 Å². The van der Waals surface area contributed by atoms with Gasteiger partial charge in [0.25, 0.3) is 0 Å². The van der Waals surface area contributed by atoms with E-state index >= 15 is 0 Å². The first-order valence-electron chi connectivity index (χ1n) is 6.09. The normalized spacial score (nSPS) is 12.1. The van der Waals surface area contributed by atoms with Gasteiger partial charge in [-0.3, -0.25) is 5.26 Å². The molecular weight excluding hydrogens is 280 g/mol. The van der Waals surface area contributed by atoms with E-state index in [4.69, 9.17) is 14.7 Å². The van der Waals surface area contributed by atoms with Crippen molar-refractivity contribution in [3.05, 3.63) is 38.0 Å². The van der Waals surface area contributed by atoms with Crippen LogP contribution in [-0.2, 0) is 24.0 Å². The number of hydrogen-bond donors (Lipinski definition) is 2. The SMILES string of the molecule is C=CC(=O)OCC(CO)(COC(=O)C=C)CC(C=C)OO. The Balaban J connectivity index is 5.00. The number of rotatable bonds is 11. The van der Waals surface area contributed by atoms with Gasteiger partial charge in [-0.15, -0.1) is 6.58 Å². The van der Waals surface area contributed by atoms with Crippen LogP contribution in [0, 0.1) is 5.41 Å². The van der Waals surface area contributed by atoms with Gasteiger partial charge in [-0.2, -0.15) is 0 Å². The maximum Gasteiger partial charge on any atom is 0.330 e. The largest absolute Gasteiger partial charge is 0.462 e. The summed E-state index contributed by atoms with van der Waals surface area (Å²) in [5.41, 5.74) is -1.15. The van der Waals surface area contributed by atoms with Crippen molar-refractivity contribution in [1.82, 2.24) is 0 Å². The van der Waals surface area contributed by atoms with Crippen molar-refractivity contribution in [1.29, 1.82) is 0 Å². The van der Waals surface area contributed by atoms with E-state index < -0.39 is 30.1 Å². The second-order valence-electron chi connectivity index (χ2n) is 4.37. The average molecular weight is 300 g/mol. The molecule has 0 saturated carbocycles. The third-order valence-corrected chi connectivity index (χ3v) is 2.74. The smallest absolute Gasteiger partial charge is 0.330 e. The Labute approximate surface area is 123 Å². The summed E-state index contributed by atoms with van der Waals surface area (Å²) in [4.78, 5) is 26.5. The zero-order valence-corrected chi connectivity index (χ0v) is 11.7. The van der Waals surface area contributed by atoms with Gasteiger partial charge in [0.1, 0.15) is 19.3 Å². The first-order chi connectivity index (χ1) is 9.96. The molecule has 0 rings (SSSR count). The van der Waals surface area contributed by atoms with Crippen molar-refractivity contribution in [2.45, 2.75) is 12.5 Å². The molecule has 0 aromatic heterocycles. The van der Waals surface area contributed by atoms with E-state index in [-0.39, 0.29) is 19.6 Å². The summed E-state index contributed by atoms with van der Waals surface area (Å²) in [6, 6.07) is 0.